The van der Waals surface area contributed by atoms with Gasteiger partial charge in [0.05, 0.1) is 16.8 Å². The van der Waals surface area contributed by atoms with Crippen LogP contribution >= 0.6 is 15.9 Å². The minimum Gasteiger partial charge on any atom is -0.492 e. The van der Waals surface area contributed by atoms with E-state index >= 15 is 0 Å². The molecule has 2 N–H and O–H groups in total. The fraction of sp³-hybridized carbons (Fsp3) is 0.538. The Morgan fingerprint density at radius 1 is 1.38 bits per heavy atom. The van der Waals surface area contributed by atoms with Crippen molar-refractivity contribution in [1.82, 2.24) is 0 Å². The van der Waals surface area contributed by atoms with Gasteiger partial charge in [-0.3, -0.25) is 0 Å². The van der Waals surface area contributed by atoms with Gasteiger partial charge in [0.1, 0.15) is 11.6 Å². The van der Waals surface area contributed by atoms with E-state index in [2.05, 4.69) is 15.9 Å². The Balaban J connectivity index is 2.12. The summed E-state index contributed by atoms with van der Waals surface area (Å²) >= 11 is 3.22. The van der Waals surface area contributed by atoms with E-state index in [4.69, 9.17) is 14.6 Å². The minimum absolute atomic E-state index is 0.151. The first kappa shape index (κ1) is 16.7. The van der Waals surface area contributed by atoms with Crippen LogP contribution in [-0.4, -0.2) is 34.0 Å². The monoisotopic (exact) mass is 381 g/mol. The van der Waals surface area contributed by atoms with Gasteiger partial charge in [-0.05, 0) is 47.0 Å². The number of hydrogen-bond donors (Lipinski definition) is 1. The van der Waals surface area contributed by atoms with Gasteiger partial charge >= 0.3 is 0 Å². The van der Waals surface area contributed by atoms with Crippen LogP contribution in [0.1, 0.15) is 12.8 Å². The molecular weight excluding hydrogens is 365 g/mol. The van der Waals surface area contributed by atoms with Crippen LogP contribution in [-0.2, 0) is 14.8 Å². The molecule has 0 unspecified atom stereocenters. The Labute approximate surface area is 131 Å². The van der Waals surface area contributed by atoms with Gasteiger partial charge in [0.25, 0.3) is 0 Å². The summed E-state index contributed by atoms with van der Waals surface area (Å²) in [5.74, 6) is -0.0569. The van der Waals surface area contributed by atoms with Gasteiger partial charge in [-0.2, -0.15) is 0 Å². The minimum atomic E-state index is -3.61. The van der Waals surface area contributed by atoms with Gasteiger partial charge < -0.3 is 9.47 Å². The number of benzene rings is 1. The molecule has 0 aromatic heterocycles. The smallest absolute Gasteiger partial charge is 0.209 e. The second-order valence-corrected chi connectivity index (χ2v) is 7.75. The van der Waals surface area contributed by atoms with Crippen molar-refractivity contribution in [2.45, 2.75) is 12.8 Å². The van der Waals surface area contributed by atoms with Gasteiger partial charge in [0.2, 0.25) is 10.0 Å². The number of sulfonamides is 1. The van der Waals surface area contributed by atoms with Gasteiger partial charge in [-0.1, -0.05) is 0 Å². The molecule has 1 fully saturated rings. The maximum atomic E-state index is 13.0. The Hall–Kier alpha value is -0.700. The molecule has 1 aromatic rings. The van der Waals surface area contributed by atoms with Crippen molar-refractivity contribution in [3.8, 4) is 5.75 Å². The van der Waals surface area contributed by atoms with E-state index in [1.165, 1.54) is 18.2 Å². The van der Waals surface area contributed by atoms with Crippen LogP contribution in [0.3, 0.4) is 0 Å². The molecule has 8 heteroatoms. The molecule has 1 saturated heterocycles. The number of primary sulfonamides is 1. The van der Waals surface area contributed by atoms with Crippen LogP contribution in [0, 0.1) is 11.2 Å². The summed E-state index contributed by atoms with van der Waals surface area (Å²) in [6, 6.07) is 4.09. The Morgan fingerprint density at radius 3 is 2.62 bits per heavy atom. The Kier molecular flexibility index (Phi) is 5.24. The van der Waals surface area contributed by atoms with E-state index in [-0.39, 0.29) is 18.2 Å². The summed E-state index contributed by atoms with van der Waals surface area (Å²) in [6.45, 7) is 1.14. The summed E-state index contributed by atoms with van der Waals surface area (Å²) in [6.07, 6.45) is 1.12. The van der Waals surface area contributed by atoms with Crippen LogP contribution in [0.25, 0.3) is 0 Å². The van der Waals surface area contributed by atoms with Crippen molar-refractivity contribution < 1.29 is 22.3 Å². The summed E-state index contributed by atoms with van der Waals surface area (Å²) in [4.78, 5) is 0. The second-order valence-electron chi connectivity index (χ2n) is 5.28. The van der Waals surface area contributed by atoms with E-state index < -0.39 is 15.4 Å². The molecule has 0 radical (unpaired) electrons. The molecule has 0 spiro atoms. The van der Waals surface area contributed by atoms with Crippen LogP contribution < -0.4 is 9.88 Å². The molecular formula is C13H17BrFNO4S. The molecule has 0 amide bonds. The highest BCUT2D eigenvalue weighted by Gasteiger charge is 2.37. The van der Waals surface area contributed by atoms with E-state index in [0.29, 0.717) is 36.3 Å². The van der Waals surface area contributed by atoms with Crippen LogP contribution in [0.5, 0.6) is 5.75 Å². The number of hydrogen-bond acceptors (Lipinski definition) is 4. The number of nitrogens with two attached hydrogens (primary N) is 1. The number of halogens is 2. The summed E-state index contributed by atoms with van der Waals surface area (Å²) in [7, 11) is -3.61. The maximum Gasteiger partial charge on any atom is 0.209 e. The van der Waals surface area contributed by atoms with Crippen LogP contribution in [0.2, 0.25) is 0 Å². The number of ether oxygens (including phenoxy) is 2. The van der Waals surface area contributed by atoms with E-state index in [9.17, 15) is 12.8 Å². The predicted molar refractivity (Wildman–Crippen MR) is 80.1 cm³/mol. The van der Waals surface area contributed by atoms with Crippen molar-refractivity contribution in [3.05, 3.63) is 28.5 Å². The molecule has 0 atom stereocenters. The summed E-state index contributed by atoms with van der Waals surface area (Å²) < 4.78 is 47.4. The molecule has 2 rings (SSSR count). The molecule has 0 bridgehead atoms. The van der Waals surface area contributed by atoms with Crippen LogP contribution in [0.15, 0.2) is 22.7 Å². The predicted octanol–water partition coefficient (Wildman–Crippen LogP) is 2.05. The fourth-order valence-electron chi connectivity index (χ4n) is 2.38. The van der Waals surface area contributed by atoms with Crippen molar-refractivity contribution in [3.63, 3.8) is 0 Å². The highest BCUT2D eigenvalue weighted by atomic mass is 79.9. The van der Waals surface area contributed by atoms with E-state index in [0.717, 1.165) is 0 Å². The van der Waals surface area contributed by atoms with Crippen molar-refractivity contribution in [2.75, 3.05) is 25.6 Å². The molecule has 118 valence electrons. The van der Waals surface area contributed by atoms with Gasteiger partial charge in [-0.15, -0.1) is 0 Å². The third kappa shape index (κ3) is 4.91. The molecule has 0 aliphatic carbocycles. The maximum absolute atomic E-state index is 13.0. The van der Waals surface area contributed by atoms with Crippen molar-refractivity contribution in [2.24, 2.45) is 10.6 Å². The molecule has 21 heavy (non-hydrogen) atoms. The van der Waals surface area contributed by atoms with E-state index in [1.54, 1.807) is 0 Å². The standard InChI is InChI=1S/C13H17BrFNO4S/c14-11-7-10(15)1-2-12(11)20-8-13(9-21(16,17)18)3-5-19-6-4-13/h1-2,7H,3-6,8-9H2,(H2,16,17,18). The highest BCUT2D eigenvalue weighted by molar-refractivity contribution is 9.10. The Bertz CT molecular complexity index is 602. The zero-order valence-electron chi connectivity index (χ0n) is 11.3. The van der Waals surface area contributed by atoms with Crippen molar-refractivity contribution in [1.29, 1.82) is 0 Å². The largest absolute Gasteiger partial charge is 0.492 e. The Morgan fingerprint density at radius 2 is 2.05 bits per heavy atom. The average Bonchev–Trinajstić information content (AvgIpc) is 2.37. The second kappa shape index (κ2) is 6.60. The lowest BCUT2D eigenvalue weighted by atomic mass is 9.83. The quantitative estimate of drug-likeness (QED) is 0.846. The lowest BCUT2D eigenvalue weighted by Gasteiger charge is -2.36. The third-order valence-electron chi connectivity index (χ3n) is 3.49. The molecule has 0 saturated carbocycles. The zero-order chi connectivity index (χ0) is 15.5. The first-order valence-electron chi connectivity index (χ1n) is 6.46. The molecule has 1 aliphatic rings. The lowest BCUT2D eigenvalue weighted by molar-refractivity contribution is 0.00195. The highest BCUT2D eigenvalue weighted by Crippen LogP contribution is 2.34. The third-order valence-corrected chi connectivity index (χ3v) is 5.12. The van der Waals surface area contributed by atoms with Gasteiger partial charge in [0.15, 0.2) is 0 Å². The molecule has 1 heterocycles. The SMILES string of the molecule is NS(=O)(=O)CC1(COc2ccc(F)cc2Br)CCOCC1. The summed E-state index contributed by atoms with van der Waals surface area (Å²) in [5.41, 5.74) is -0.570. The van der Waals surface area contributed by atoms with Crippen molar-refractivity contribution >= 4 is 26.0 Å². The van der Waals surface area contributed by atoms with Crippen LogP contribution in [0.4, 0.5) is 4.39 Å². The zero-order valence-corrected chi connectivity index (χ0v) is 13.8. The summed E-state index contributed by atoms with van der Waals surface area (Å²) in [5, 5.41) is 5.19. The topological polar surface area (TPSA) is 78.6 Å². The van der Waals surface area contributed by atoms with Gasteiger partial charge in [0, 0.05) is 18.6 Å². The van der Waals surface area contributed by atoms with Gasteiger partial charge in [-0.25, -0.2) is 17.9 Å². The van der Waals surface area contributed by atoms with E-state index in [1.807, 2.05) is 0 Å². The fourth-order valence-corrected chi connectivity index (χ4v) is 4.08. The molecule has 5 nitrogen and oxygen atoms in total. The first-order valence-corrected chi connectivity index (χ1v) is 8.97. The number of rotatable bonds is 5. The first-order chi connectivity index (χ1) is 9.80. The average molecular weight is 382 g/mol. The normalized spacial score (nSPS) is 18.4. The lowest BCUT2D eigenvalue weighted by Crippen LogP contribution is -2.42. The molecule has 1 aromatic carbocycles. The molecule has 1 aliphatic heterocycles.